The smallest absolute Gasteiger partial charge is 0.486 e. The molecule has 2 rings (SSSR count). The van der Waals surface area contributed by atoms with Crippen molar-refractivity contribution in [1.29, 1.82) is 0 Å². The van der Waals surface area contributed by atoms with Crippen molar-refractivity contribution >= 4 is 17.6 Å². The summed E-state index contributed by atoms with van der Waals surface area (Å²) in [5, 5.41) is 9.87. The van der Waals surface area contributed by atoms with Crippen molar-refractivity contribution in [2.75, 3.05) is 5.32 Å². The van der Waals surface area contributed by atoms with Gasteiger partial charge < -0.3 is 20.9 Å². The number of ether oxygens (including phenoxy) is 1. The molecule has 9 heteroatoms. The minimum Gasteiger partial charge on any atom is -0.486 e. The molecule has 1 heterocycles. The zero-order valence-electron chi connectivity index (χ0n) is 11.8. The SMILES string of the molecule is Cc1ccc2c(c1)O[C@@H](C)[C@H](N)C(=O)N2.O=C(O)C(F)(F)F. The van der Waals surface area contributed by atoms with Gasteiger partial charge >= 0.3 is 12.1 Å². The number of nitrogens with two attached hydrogens (primary N) is 1. The highest BCUT2D eigenvalue weighted by Crippen LogP contribution is 2.29. The Morgan fingerprint density at radius 1 is 1.41 bits per heavy atom. The third-order valence-corrected chi connectivity index (χ3v) is 2.76. The standard InChI is InChI=1S/C11H14N2O2.C2HF3O2/c1-6-3-4-8-9(5-6)15-7(2)10(12)11(14)13-8;3-2(4,5)1(6)7/h3-5,7,10H,12H2,1-2H3,(H,13,14);(H,6,7)/t7-,10-;/m0./s1. The lowest BCUT2D eigenvalue weighted by Crippen LogP contribution is -2.44. The fourth-order valence-electron chi connectivity index (χ4n) is 1.53. The summed E-state index contributed by atoms with van der Waals surface area (Å²) in [7, 11) is 0. The van der Waals surface area contributed by atoms with E-state index >= 15 is 0 Å². The van der Waals surface area contributed by atoms with Crippen molar-refractivity contribution in [1.82, 2.24) is 0 Å². The number of hydrogen-bond acceptors (Lipinski definition) is 4. The molecule has 0 unspecified atom stereocenters. The van der Waals surface area contributed by atoms with Crippen LogP contribution in [0.1, 0.15) is 12.5 Å². The molecule has 0 fully saturated rings. The van der Waals surface area contributed by atoms with E-state index in [4.69, 9.17) is 20.4 Å². The molecule has 1 amide bonds. The Balaban J connectivity index is 0.000000295. The van der Waals surface area contributed by atoms with Crippen LogP contribution < -0.4 is 15.8 Å². The number of aliphatic carboxylic acids is 1. The molecule has 0 saturated heterocycles. The predicted octanol–water partition coefficient (Wildman–Crippen LogP) is 1.68. The Kier molecular flexibility index (Phi) is 5.37. The van der Waals surface area contributed by atoms with Crippen LogP contribution in [0, 0.1) is 6.92 Å². The van der Waals surface area contributed by atoms with Crippen molar-refractivity contribution < 1.29 is 32.6 Å². The van der Waals surface area contributed by atoms with E-state index in [0.717, 1.165) is 5.56 Å². The first-order chi connectivity index (χ1) is 10.0. The van der Waals surface area contributed by atoms with Crippen LogP contribution >= 0.6 is 0 Å². The fraction of sp³-hybridized carbons (Fsp3) is 0.385. The van der Waals surface area contributed by atoms with Crippen molar-refractivity contribution in [3.63, 3.8) is 0 Å². The molecule has 22 heavy (non-hydrogen) atoms. The van der Waals surface area contributed by atoms with E-state index in [-0.39, 0.29) is 12.0 Å². The molecule has 6 nitrogen and oxygen atoms in total. The monoisotopic (exact) mass is 320 g/mol. The van der Waals surface area contributed by atoms with Crippen molar-refractivity contribution in [2.45, 2.75) is 32.2 Å². The molecule has 1 aliphatic rings. The Morgan fingerprint density at radius 2 is 1.95 bits per heavy atom. The first-order valence-electron chi connectivity index (χ1n) is 6.16. The second-order valence-corrected chi connectivity index (χ2v) is 4.64. The minimum atomic E-state index is -5.08. The van der Waals surface area contributed by atoms with E-state index in [0.29, 0.717) is 11.4 Å². The lowest BCUT2D eigenvalue weighted by atomic mass is 10.2. The largest absolute Gasteiger partial charge is 0.490 e. The number of nitrogens with one attached hydrogen (secondary N) is 1. The number of amides is 1. The van der Waals surface area contributed by atoms with Gasteiger partial charge in [-0.3, -0.25) is 4.79 Å². The molecule has 2 atom stereocenters. The number of rotatable bonds is 0. The van der Waals surface area contributed by atoms with Crippen molar-refractivity contribution in [3.05, 3.63) is 23.8 Å². The molecule has 122 valence electrons. The van der Waals surface area contributed by atoms with Crippen LogP contribution in [0.4, 0.5) is 18.9 Å². The molecule has 0 aliphatic carbocycles. The van der Waals surface area contributed by atoms with Gasteiger partial charge in [0.1, 0.15) is 17.9 Å². The highest BCUT2D eigenvalue weighted by atomic mass is 19.4. The number of alkyl halides is 3. The van der Waals surface area contributed by atoms with Gasteiger partial charge in [-0.1, -0.05) is 6.07 Å². The number of hydrogen-bond donors (Lipinski definition) is 3. The number of anilines is 1. The van der Waals surface area contributed by atoms with Gasteiger partial charge in [-0.25, -0.2) is 4.79 Å². The van der Waals surface area contributed by atoms with E-state index in [2.05, 4.69) is 5.32 Å². The van der Waals surface area contributed by atoms with Gasteiger partial charge in [0.25, 0.3) is 0 Å². The van der Waals surface area contributed by atoms with Crippen LogP contribution in [-0.4, -0.2) is 35.3 Å². The number of halogens is 3. The summed E-state index contributed by atoms with van der Waals surface area (Å²) in [6.07, 6.45) is -5.40. The quantitative estimate of drug-likeness (QED) is 0.675. The summed E-state index contributed by atoms with van der Waals surface area (Å²) < 4.78 is 37.3. The highest BCUT2D eigenvalue weighted by Gasteiger charge is 2.38. The maximum atomic E-state index is 11.6. The Labute approximate surface area is 124 Å². The molecule has 4 N–H and O–H groups in total. The average Bonchev–Trinajstić information content (AvgIpc) is 2.49. The summed E-state index contributed by atoms with van der Waals surface area (Å²) in [5.41, 5.74) is 7.48. The first kappa shape index (κ1) is 17.8. The maximum absolute atomic E-state index is 11.6. The van der Waals surface area contributed by atoms with Crippen LogP contribution in [0.25, 0.3) is 0 Å². The van der Waals surface area contributed by atoms with Gasteiger partial charge in [0, 0.05) is 0 Å². The zero-order chi connectivity index (χ0) is 17.1. The van der Waals surface area contributed by atoms with E-state index in [1.54, 1.807) is 6.92 Å². The Hall–Kier alpha value is -2.29. The molecule has 0 aromatic heterocycles. The molecular formula is C13H15F3N2O4. The van der Waals surface area contributed by atoms with Gasteiger partial charge in [0.05, 0.1) is 5.69 Å². The summed E-state index contributed by atoms with van der Waals surface area (Å²) in [5.74, 6) is -2.28. The lowest BCUT2D eigenvalue weighted by molar-refractivity contribution is -0.192. The first-order valence-corrected chi connectivity index (χ1v) is 6.16. The second-order valence-electron chi connectivity index (χ2n) is 4.64. The summed E-state index contributed by atoms with van der Waals surface area (Å²) in [4.78, 5) is 20.5. The normalized spacial score (nSPS) is 20.5. The average molecular weight is 320 g/mol. The van der Waals surface area contributed by atoms with Gasteiger partial charge in [0.2, 0.25) is 5.91 Å². The summed E-state index contributed by atoms with van der Waals surface area (Å²) in [6, 6.07) is 5.01. The van der Waals surface area contributed by atoms with E-state index in [1.807, 2.05) is 25.1 Å². The van der Waals surface area contributed by atoms with Crippen LogP contribution in [0.3, 0.4) is 0 Å². The lowest BCUT2D eigenvalue weighted by Gasteiger charge is -2.15. The topological polar surface area (TPSA) is 102 Å². The zero-order valence-corrected chi connectivity index (χ0v) is 11.8. The van der Waals surface area contributed by atoms with Crippen LogP contribution in [0.2, 0.25) is 0 Å². The van der Waals surface area contributed by atoms with Crippen molar-refractivity contribution in [2.24, 2.45) is 5.73 Å². The number of aryl methyl sites for hydroxylation is 1. The van der Waals surface area contributed by atoms with Crippen LogP contribution in [0.5, 0.6) is 5.75 Å². The third-order valence-electron chi connectivity index (χ3n) is 2.76. The Bertz CT molecular complexity index is 575. The number of fused-ring (bicyclic) bond motifs is 1. The molecule has 1 aromatic carbocycles. The van der Waals surface area contributed by atoms with Crippen LogP contribution in [-0.2, 0) is 9.59 Å². The fourth-order valence-corrected chi connectivity index (χ4v) is 1.53. The van der Waals surface area contributed by atoms with E-state index in [1.165, 1.54) is 0 Å². The number of carboxylic acids is 1. The molecule has 0 bridgehead atoms. The predicted molar refractivity (Wildman–Crippen MR) is 71.6 cm³/mol. The van der Waals surface area contributed by atoms with Gasteiger partial charge in [0.15, 0.2) is 0 Å². The van der Waals surface area contributed by atoms with Crippen LogP contribution in [0.15, 0.2) is 18.2 Å². The number of benzene rings is 1. The number of carboxylic acid groups (broad SMARTS) is 1. The molecular weight excluding hydrogens is 305 g/mol. The molecule has 0 radical (unpaired) electrons. The van der Waals surface area contributed by atoms with Gasteiger partial charge in [-0.15, -0.1) is 0 Å². The van der Waals surface area contributed by atoms with Gasteiger partial charge in [-0.2, -0.15) is 13.2 Å². The van der Waals surface area contributed by atoms with Gasteiger partial charge in [-0.05, 0) is 31.5 Å². The highest BCUT2D eigenvalue weighted by molar-refractivity contribution is 5.97. The second kappa shape index (κ2) is 6.65. The maximum Gasteiger partial charge on any atom is 0.490 e. The molecule has 0 saturated carbocycles. The Morgan fingerprint density at radius 3 is 2.45 bits per heavy atom. The molecule has 0 spiro atoms. The van der Waals surface area contributed by atoms with E-state index in [9.17, 15) is 18.0 Å². The molecule has 1 aliphatic heterocycles. The summed E-state index contributed by atoms with van der Waals surface area (Å²) in [6.45, 7) is 3.77. The number of carbonyl (C=O) groups is 2. The molecule has 1 aromatic rings. The number of carbonyl (C=O) groups excluding carboxylic acids is 1. The summed E-state index contributed by atoms with van der Waals surface area (Å²) >= 11 is 0. The van der Waals surface area contributed by atoms with Crippen molar-refractivity contribution in [3.8, 4) is 5.75 Å². The minimum absolute atomic E-state index is 0.204. The van der Waals surface area contributed by atoms with E-state index < -0.39 is 18.2 Å². The third kappa shape index (κ3) is 4.62.